The molecule has 0 radical (unpaired) electrons. The zero-order valence-corrected chi connectivity index (χ0v) is 10.0. The summed E-state index contributed by atoms with van der Waals surface area (Å²) in [6.45, 7) is 5.54. The van der Waals surface area contributed by atoms with E-state index in [1.807, 2.05) is 0 Å². The highest BCUT2D eigenvalue weighted by atomic mass is 16.2. The van der Waals surface area contributed by atoms with Gasteiger partial charge in [0, 0.05) is 12.0 Å². The Morgan fingerprint density at radius 3 is 2.53 bits per heavy atom. The highest BCUT2D eigenvalue weighted by Gasteiger charge is 2.38. The van der Waals surface area contributed by atoms with Gasteiger partial charge in [-0.2, -0.15) is 0 Å². The third-order valence-electron chi connectivity index (χ3n) is 3.73. The van der Waals surface area contributed by atoms with Crippen molar-refractivity contribution in [1.82, 2.24) is 5.32 Å². The summed E-state index contributed by atoms with van der Waals surface area (Å²) in [5, 5.41) is 3.05. The molecule has 0 heterocycles. The van der Waals surface area contributed by atoms with Crippen LogP contribution in [-0.2, 0) is 4.79 Å². The first-order chi connectivity index (χ1) is 7.14. The lowest BCUT2D eigenvalue weighted by Crippen LogP contribution is -2.41. The number of rotatable bonds is 5. The van der Waals surface area contributed by atoms with Crippen molar-refractivity contribution in [2.75, 3.05) is 13.1 Å². The molecule has 1 saturated carbocycles. The quantitative estimate of drug-likeness (QED) is 0.728. The molecule has 0 bridgehead atoms. The van der Waals surface area contributed by atoms with Crippen LogP contribution in [0.2, 0.25) is 0 Å². The number of carbonyl (C=O) groups is 1. The maximum Gasteiger partial charge on any atom is 0.226 e. The Morgan fingerprint density at radius 1 is 1.47 bits per heavy atom. The van der Waals surface area contributed by atoms with Crippen molar-refractivity contribution in [1.29, 1.82) is 0 Å². The average Bonchev–Trinajstić information content (AvgIpc) is 2.75. The first-order valence-electron chi connectivity index (χ1n) is 6.13. The first-order valence-corrected chi connectivity index (χ1v) is 6.13. The van der Waals surface area contributed by atoms with E-state index in [1.54, 1.807) is 0 Å². The Morgan fingerprint density at radius 2 is 2.07 bits per heavy atom. The Kier molecular flexibility index (Phi) is 4.58. The maximum atomic E-state index is 12.1. The van der Waals surface area contributed by atoms with E-state index in [9.17, 15) is 4.79 Å². The van der Waals surface area contributed by atoms with E-state index in [4.69, 9.17) is 5.73 Å². The van der Waals surface area contributed by atoms with Crippen LogP contribution in [-0.4, -0.2) is 19.0 Å². The molecule has 1 atom stereocenters. The fourth-order valence-electron chi connectivity index (χ4n) is 2.33. The Labute approximate surface area is 92.8 Å². The molecule has 1 unspecified atom stereocenters. The van der Waals surface area contributed by atoms with Crippen LogP contribution in [0.1, 0.15) is 46.0 Å². The standard InChI is InChI=1S/C12H24N2O/c1-3-12(6-4-5-7-12)11(15)14-9-10(2)8-13/h10H,3-9,13H2,1-2H3,(H,14,15). The predicted octanol–water partition coefficient (Wildman–Crippen LogP) is 1.67. The monoisotopic (exact) mass is 212 g/mol. The van der Waals surface area contributed by atoms with Gasteiger partial charge in [0.15, 0.2) is 0 Å². The lowest BCUT2D eigenvalue weighted by molar-refractivity contribution is -0.131. The fourth-order valence-corrected chi connectivity index (χ4v) is 2.33. The second kappa shape index (κ2) is 5.50. The summed E-state index contributed by atoms with van der Waals surface area (Å²) >= 11 is 0. The summed E-state index contributed by atoms with van der Waals surface area (Å²) in [5.74, 6) is 0.632. The van der Waals surface area contributed by atoms with Gasteiger partial charge < -0.3 is 11.1 Å². The van der Waals surface area contributed by atoms with Gasteiger partial charge >= 0.3 is 0 Å². The summed E-state index contributed by atoms with van der Waals surface area (Å²) in [4.78, 5) is 12.1. The van der Waals surface area contributed by atoms with Gasteiger partial charge in [-0.3, -0.25) is 4.79 Å². The van der Waals surface area contributed by atoms with Crippen LogP contribution in [0.15, 0.2) is 0 Å². The fraction of sp³-hybridized carbons (Fsp3) is 0.917. The average molecular weight is 212 g/mol. The molecule has 0 saturated heterocycles. The summed E-state index contributed by atoms with van der Waals surface area (Å²) in [6.07, 6.45) is 5.50. The van der Waals surface area contributed by atoms with Crippen molar-refractivity contribution >= 4 is 5.91 Å². The largest absolute Gasteiger partial charge is 0.355 e. The van der Waals surface area contributed by atoms with Crippen LogP contribution in [0.25, 0.3) is 0 Å². The Hall–Kier alpha value is -0.570. The number of nitrogens with one attached hydrogen (secondary N) is 1. The predicted molar refractivity (Wildman–Crippen MR) is 62.4 cm³/mol. The lowest BCUT2D eigenvalue weighted by atomic mass is 9.82. The zero-order chi connectivity index (χ0) is 11.3. The van der Waals surface area contributed by atoms with Crippen LogP contribution in [0.5, 0.6) is 0 Å². The number of nitrogens with two attached hydrogens (primary N) is 1. The molecular formula is C12H24N2O. The normalized spacial score (nSPS) is 21.3. The van der Waals surface area contributed by atoms with E-state index in [1.165, 1.54) is 12.8 Å². The van der Waals surface area contributed by atoms with Crippen molar-refractivity contribution < 1.29 is 4.79 Å². The Bertz CT molecular complexity index is 210. The van der Waals surface area contributed by atoms with Crippen LogP contribution >= 0.6 is 0 Å². The molecule has 1 amide bonds. The van der Waals surface area contributed by atoms with Crippen LogP contribution in [0, 0.1) is 11.3 Å². The summed E-state index contributed by atoms with van der Waals surface area (Å²) < 4.78 is 0. The van der Waals surface area contributed by atoms with Gasteiger partial charge in [-0.05, 0) is 31.7 Å². The zero-order valence-electron chi connectivity index (χ0n) is 10.0. The topological polar surface area (TPSA) is 55.1 Å². The van der Waals surface area contributed by atoms with Gasteiger partial charge in [-0.25, -0.2) is 0 Å². The van der Waals surface area contributed by atoms with Crippen molar-refractivity contribution in [3.05, 3.63) is 0 Å². The molecule has 3 N–H and O–H groups in total. The van der Waals surface area contributed by atoms with Gasteiger partial charge in [0.1, 0.15) is 0 Å². The van der Waals surface area contributed by atoms with E-state index >= 15 is 0 Å². The minimum absolute atomic E-state index is 0.0612. The van der Waals surface area contributed by atoms with Crippen molar-refractivity contribution in [3.63, 3.8) is 0 Å². The number of carbonyl (C=O) groups excluding carboxylic acids is 1. The number of hydrogen-bond donors (Lipinski definition) is 2. The van der Waals surface area contributed by atoms with E-state index in [-0.39, 0.29) is 11.3 Å². The SMILES string of the molecule is CCC1(C(=O)NCC(C)CN)CCCC1. The lowest BCUT2D eigenvalue weighted by Gasteiger charge is -2.26. The molecule has 3 nitrogen and oxygen atoms in total. The maximum absolute atomic E-state index is 12.1. The molecule has 88 valence electrons. The molecule has 15 heavy (non-hydrogen) atoms. The van der Waals surface area contributed by atoms with Crippen molar-refractivity contribution in [2.45, 2.75) is 46.0 Å². The van der Waals surface area contributed by atoms with E-state index < -0.39 is 0 Å². The third kappa shape index (κ3) is 2.94. The van der Waals surface area contributed by atoms with Crippen molar-refractivity contribution in [3.8, 4) is 0 Å². The second-order valence-corrected chi connectivity index (χ2v) is 4.89. The van der Waals surface area contributed by atoms with Gasteiger partial charge in [-0.1, -0.05) is 26.7 Å². The second-order valence-electron chi connectivity index (χ2n) is 4.89. The smallest absolute Gasteiger partial charge is 0.226 e. The molecule has 1 rings (SSSR count). The highest BCUT2D eigenvalue weighted by Crippen LogP contribution is 2.41. The van der Waals surface area contributed by atoms with E-state index in [0.717, 1.165) is 25.8 Å². The summed E-state index contributed by atoms with van der Waals surface area (Å²) in [7, 11) is 0. The summed E-state index contributed by atoms with van der Waals surface area (Å²) in [6, 6.07) is 0. The highest BCUT2D eigenvalue weighted by molar-refractivity contribution is 5.82. The van der Waals surface area contributed by atoms with Crippen LogP contribution in [0.4, 0.5) is 0 Å². The molecule has 1 fully saturated rings. The third-order valence-corrected chi connectivity index (χ3v) is 3.73. The van der Waals surface area contributed by atoms with Gasteiger partial charge in [-0.15, -0.1) is 0 Å². The molecule has 0 spiro atoms. The Balaban J connectivity index is 2.44. The molecule has 1 aliphatic carbocycles. The molecule has 3 heteroatoms. The number of amides is 1. The molecule has 0 aromatic carbocycles. The van der Waals surface area contributed by atoms with Crippen LogP contribution in [0.3, 0.4) is 0 Å². The molecule has 0 aliphatic heterocycles. The van der Waals surface area contributed by atoms with Crippen molar-refractivity contribution in [2.24, 2.45) is 17.1 Å². The van der Waals surface area contributed by atoms with Gasteiger partial charge in [0.2, 0.25) is 5.91 Å². The van der Waals surface area contributed by atoms with Gasteiger partial charge in [0.05, 0.1) is 0 Å². The minimum atomic E-state index is -0.0612. The number of hydrogen-bond acceptors (Lipinski definition) is 2. The van der Waals surface area contributed by atoms with Gasteiger partial charge in [0.25, 0.3) is 0 Å². The first kappa shape index (κ1) is 12.5. The molecular weight excluding hydrogens is 188 g/mol. The van der Waals surface area contributed by atoms with E-state index in [2.05, 4.69) is 19.2 Å². The molecule has 0 aromatic rings. The molecule has 0 aromatic heterocycles. The van der Waals surface area contributed by atoms with E-state index in [0.29, 0.717) is 12.5 Å². The van der Waals surface area contributed by atoms with Crippen LogP contribution < -0.4 is 11.1 Å². The molecule has 1 aliphatic rings. The summed E-state index contributed by atoms with van der Waals surface area (Å²) in [5.41, 5.74) is 5.46. The minimum Gasteiger partial charge on any atom is -0.355 e.